The number of nitrogens with zero attached hydrogens (tertiary/aromatic N) is 1. The standard InChI is InChI=1S/C17H12ClIN2O2/c1-2-9-23-16-8-5-14(18)10-13(16)11-20-21-17(22)12-3-6-15(19)7-4-12/h1,3-8,10-11H,9H2,(H,21,22)/b20-11-. The summed E-state index contributed by atoms with van der Waals surface area (Å²) >= 11 is 8.13. The van der Waals surface area contributed by atoms with Crippen LogP contribution in [0.4, 0.5) is 0 Å². The van der Waals surface area contributed by atoms with Crippen molar-refractivity contribution in [2.75, 3.05) is 6.61 Å². The highest BCUT2D eigenvalue weighted by Crippen LogP contribution is 2.21. The molecule has 0 aliphatic carbocycles. The molecule has 0 aliphatic rings. The summed E-state index contributed by atoms with van der Waals surface area (Å²) in [6, 6.07) is 12.2. The van der Waals surface area contributed by atoms with Gasteiger partial charge in [-0.25, -0.2) is 5.43 Å². The Balaban J connectivity index is 2.07. The lowest BCUT2D eigenvalue weighted by Gasteiger charge is -2.06. The first-order chi connectivity index (χ1) is 11.1. The van der Waals surface area contributed by atoms with Crippen molar-refractivity contribution in [3.05, 3.63) is 62.2 Å². The fraction of sp³-hybridized carbons (Fsp3) is 0.0588. The third-order valence-corrected chi connectivity index (χ3v) is 3.71. The SMILES string of the molecule is C#CCOc1ccc(Cl)cc1/C=N\NC(=O)c1ccc(I)cc1. The van der Waals surface area contributed by atoms with Crippen LogP contribution in [0.15, 0.2) is 47.6 Å². The summed E-state index contributed by atoms with van der Waals surface area (Å²) in [4.78, 5) is 12.0. The predicted molar refractivity (Wildman–Crippen MR) is 100.0 cm³/mol. The molecule has 2 rings (SSSR count). The Bertz CT molecular complexity index is 767. The van der Waals surface area contributed by atoms with Gasteiger partial charge >= 0.3 is 0 Å². The average Bonchev–Trinajstić information content (AvgIpc) is 2.54. The minimum atomic E-state index is -0.300. The zero-order valence-corrected chi connectivity index (χ0v) is 14.8. The van der Waals surface area contributed by atoms with E-state index in [9.17, 15) is 4.79 Å². The van der Waals surface area contributed by atoms with Crippen molar-refractivity contribution in [2.45, 2.75) is 0 Å². The van der Waals surface area contributed by atoms with Crippen molar-refractivity contribution in [3.63, 3.8) is 0 Å². The van der Waals surface area contributed by atoms with E-state index in [0.29, 0.717) is 21.9 Å². The second-order valence-corrected chi connectivity index (χ2v) is 6.06. The van der Waals surface area contributed by atoms with Crippen LogP contribution in [0, 0.1) is 15.9 Å². The minimum Gasteiger partial charge on any atom is -0.480 e. The summed E-state index contributed by atoms with van der Waals surface area (Å²) in [7, 11) is 0. The summed E-state index contributed by atoms with van der Waals surface area (Å²) in [5.74, 6) is 2.63. The highest BCUT2D eigenvalue weighted by molar-refractivity contribution is 14.1. The summed E-state index contributed by atoms with van der Waals surface area (Å²) in [5.41, 5.74) is 3.61. The molecule has 23 heavy (non-hydrogen) atoms. The Morgan fingerprint density at radius 2 is 2.09 bits per heavy atom. The number of benzene rings is 2. The molecule has 2 aromatic carbocycles. The van der Waals surface area contributed by atoms with Gasteiger partial charge in [0.05, 0.1) is 6.21 Å². The number of carbonyl (C=O) groups is 1. The van der Waals surface area contributed by atoms with Gasteiger partial charge in [-0.1, -0.05) is 17.5 Å². The molecule has 0 atom stereocenters. The number of rotatable bonds is 5. The van der Waals surface area contributed by atoms with Crippen LogP contribution in [0.1, 0.15) is 15.9 Å². The maximum Gasteiger partial charge on any atom is 0.271 e. The molecular weight excluding hydrogens is 427 g/mol. The van der Waals surface area contributed by atoms with Gasteiger partial charge in [0.1, 0.15) is 12.4 Å². The van der Waals surface area contributed by atoms with Gasteiger partial charge in [0.25, 0.3) is 5.91 Å². The maximum absolute atomic E-state index is 12.0. The van der Waals surface area contributed by atoms with Gasteiger partial charge in [-0.15, -0.1) is 6.42 Å². The van der Waals surface area contributed by atoms with E-state index in [4.69, 9.17) is 22.8 Å². The van der Waals surface area contributed by atoms with E-state index in [2.05, 4.69) is 39.0 Å². The van der Waals surface area contributed by atoms with Crippen LogP contribution in [0.2, 0.25) is 5.02 Å². The van der Waals surface area contributed by atoms with Gasteiger partial charge in [0.15, 0.2) is 0 Å². The zero-order valence-electron chi connectivity index (χ0n) is 11.9. The topological polar surface area (TPSA) is 50.7 Å². The first-order valence-corrected chi connectivity index (χ1v) is 8.00. The van der Waals surface area contributed by atoms with E-state index in [0.717, 1.165) is 3.57 Å². The summed E-state index contributed by atoms with van der Waals surface area (Å²) < 4.78 is 6.45. The maximum atomic E-state index is 12.0. The fourth-order valence-electron chi connectivity index (χ4n) is 1.70. The first-order valence-electron chi connectivity index (χ1n) is 6.55. The molecule has 1 amide bonds. The Labute approximate surface area is 153 Å². The molecule has 116 valence electrons. The number of nitrogens with one attached hydrogen (secondary N) is 1. The molecule has 0 unspecified atom stereocenters. The van der Waals surface area contributed by atoms with Gasteiger partial charge in [-0.2, -0.15) is 5.10 Å². The van der Waals surface area contributed by atoms with Crippen LogP contribution < -0.4 is 10.2 Å². The second-order valence-electron chi connectivity index (χ2n) is 4.38. The summed E-state index contributed by atoms with van der Waals surface area (Å²) in [5, 5.41) is 4.46. The van der Waals surface area contributed by atoms with Crippen LogP contribution in [0.3, 0.4) is 0 Å². The van der Waals surface area contributed by atoms with E-state index >= 15 is 0 Å². The van der Waals surface area contributed by atoms with E-state index < -0.39 is 0 Å². The molecule has 0 saturated carbocycles. The molecule has 0 aromatic heterocycles. The molecule has 0 spiro atoms. The van der Waals surface area contributed by atoms with Crippen molar-refractivity contribution in [3.8, 4) is 18.1 Å². The highest BCUT2D eigenvalue weighted by Gasteiger charge is 2.05. The van der Waals surface area contributed by atoms with E-state index in [-0.39, 0.29) is 12.5 Å². The van der Waals surface area contributed by atoms with Gasteiger partial charge in [0, 0.05) is 19.7 Å². The van der Waals surface area contributed by atoms with Crippen LogP contribution in [-0.2, 0) is 0 Å². The number of hydrogen-bond donors (Lipinski definition) is 1. The Hall–Kier alpha value is -2.04. The molecule has 4 nitrogen and oxygen atoms in total. The number of hydrogen-bond acceptors (Lipinski definition) is 3. The van der Waals surface area contributed by atoms with Gasteiger partial charge in [-0.05, 0) is 65.1 Å². The normalized spacial score (nSPS) is 10.3. The van der Waals surface area contributed by atoms with Gasteiger partial charge < -0.3 is 4.74 Å². The lowest BCUT2D eigenvalue weighted by Crippen LogP contribution is -2.17. The van der Waals surface area contributed by atoms with Crippen LogP contribution in [0.5, 0.6) is 5.75 Å². The third kappa shape index (κ3) is 5.27. The van der Waals surface area contributed by atoms with Crippen molar-refractivity contribution in [2.24, 2.45) is 5.10 Å². The molecule has 0 bridgehead atoms. The molecule has 0 aliphatic heterocycles. The van der Waals surface area contributed by atoms with Crippen molar-refractivity contribution >= 4 is 46.3 Å². The number of amides is 1. The largest absolute Gasteiger partial charge is 0.480 e. The van der Waals surface area contributed by atoms with Crippen LogP contribution in [0.25, 0.3) is 0 Å². The lowest BCUT2D eigenvalue weighted by molar-refractivity contribution is 0.0955. The number of ether oxygens (including phenoxy) is 1. The van der Waals surface area contributed by atoms with Crippen molar-refractivity contribution < 1.29 is 9.53 Å². The van der Waals surface area contributed by atoms with Gasteiger partial charge in [-0.3, -0.25) is 4.79 Å². The van der Waals surface area contributed by atoms with Crippen molar-refractivity contribution in [1.82, 2.24) is 5.43 Å². The molecule has 1 N–H and O–H groups in total. The number of carbonyl (C=O) groups excluding carboxylic acids is 1. The molecule has 0 radical (unpaired) electrons. The molecule has 2 aromatic rings. The number of terminal acetylenes is 1. The minimum absolute atomic E-state index is 0.136. The van der Waals surface area contributed by atoms with Crippen LogP contribution >= 0.6 is 34.2 Å². The number of hydrazone groups is 1. The Morgan fingerprint density at radius 3 is 2.78 bits per heavy atom. The smallest absolute Gasteiger partial charge is 0.271 e. The fourth-order valence-corrected chi connectivity index (χ4v) is 2.24. The monoisotopic (exact) mass is 438 g/mol. The Kier molecular flexibility index (Phi) is 6.44. The number of halogens is 2. The second kappa shape index (κ2) is 8.56. The Morgan fingerprint density at radius 1 is 1.35 bits per heavy atom. The molecular formula is C17H12ClIN2O2. The highest BCUT2D eigenvalue weighted by atomic mass is 127. The lowest BCUT2D eigenvalue weighted by atomic mass is 10.2. The quantitative estimate of drug-likeness (QED) is 0.335. The van der Waals surface area contributed by atoms with E-state index in [1.807, 2.05) is 12.1 Å². The van der Waals surface area contributed by atoms with E-state index in [1.165, 1.54) is 6.21 Å². The predicted octanol–water partition coefficient (Wildman–Crippen LogP) is 3.72. The summed E-state index contributed by atoms with van der Waals surface area (Å²) in [6.45, 7) is 0.136. The molecule has 0 heterocycles. The first kappa shape index (κ1) is 17.3. The molecule has 6 heteroatoms. The van der Waals surface area contributed by atoms with Gasteiger partial charge in [0.2, 0.25) is 0 Å². The average molecular weight is 439 g/mol. The molecule has 0 saturated heterocycles. The zero-order chi connectivity index (χ0) is 16.7. The van der Waals surface area contributed by atoms with Crippen LogP contribution in [-0.4, -0.2) is 18.7 Å². The molecule has 0 fully saturated rings. The third-order valence-electron chi connectivity index (χ3n) is 2.76. The summed E-state index contributed by atoms with van der Waals surface area (Å²) in [6.07, 6.45) is 6.64. The van der Waals surface area contributed by atoms with Crippen molar-refractivity contribution in [1.29, 1.82) is 0 Å². The van der Waals surface area contributed by atoms with E-state index in [1.54, 1.807) is 30.3 Å².